The molecule has 0 bridgehead atoms. The van der Waals surface area contributed by atoms with Crippen molar-refractivity contribution in [2.45, 2.75) is 225 Å². The first-order chi connectivity index (χ1) is 17.7. The van der Waals surface area contributed by atoms with Crippen molar-refractivity contribution in [3.63, 3.8) is 0 Å². The molecule has 0 rings (SSSR count). The predicted octanol–water partition coefficient (Wildman–Crippen LogP) is 13.8. The first-order valence-electron chi connectivity index (χ1n) is 17.5. The maximum atomic E-state index is 3.28. The number of rotatable bonds is 31. The highest BCUT2D eigenvalue weighted by Crippen LogP contribution is 2.35. The molecule has 0 heterocycles. The molecular formula is C35H73P. The zero-order chi connectivity index (χ0) is 26.4. The van der Waals surface area contributed by atoms with Gasteiger partial charge in [-0.3, -0.25) is 0 Å². The number of unbranched alkanes of at least 4 members (excludes halogenated alkanes) is 26. The summed E-state index contributed by atoms with van der Waals surface area (Å²) in [6.07, 6.45) is 45.2. The Morgan fingerprint density at radius 1 is 0.306 bits per heavy atom. The van der Waals surface area contributed by atoms with E-state index in [-0.39, 0.29) is 0 Å². The van der Waals surface area contributed by atoms with Crippen LogP contribution in [0.1, 0.15) is 220 Å². The Hall–Kier alpha value is 0.430. The molecule has 0 aliphatic heterocycles. The van der Waals surface area contributed by atoms with Gasteiger partial charge in [-0.1, -0.05) is 201 Å². The van der Waals surface area contributed by atoms with Crippen LogP contribution in [-0.2, 0) is 0 Å². The summed E-state index contributed by atoms with van der Waals surface area (Å²) in [6.45, 7) is 7.03. The average molecular weight is 525 g/mol. The van der Waals surface area contributed by atoms with Crippen LogP contribution in [0, 0.1) is 0 Å². The van der Waals surface area contributed by atoms with E-state index in [1.807, 2.05) is 0 Å². The van der Waals surface area contributed by atoms with Crippen LogP contribution in [0.5, 0.6) is 0 Å². The molecule has 0 saturated heterocycles. The molecule has 1 heteroatoms. The van der Waals surface area contributed by atoms with Gasteiger partial charge in [0.2, 0.25) is 0 Å². The molecule has 0 aromatic carbocycles. The Balaban J connectivity index is 3.41. The lowest BCUT2D eigenvalue weighted by atomic mass is 9.91. The number of hydrogen-bond donors (Lipinski definition) is 0. The molecule has 0 aromatic rings. The molecule has 0 saturated carbocycles. The van der Waals surface area contributed by atoms with Gasteiger partial charge in [0.25, 0.3) is 0 Å². The maximum Gasteiger partial charge on any atom is -0.0153 e. The van der Waals surface area contributed by atoms with Crippen LogP contribution in [0.15, 0.2) is 0 Å². The van der Waals surface area contributed by atoms with E-state index in [0.717, 1.165) is 0 Å². The Kier molecular flexibility index (Phi) is 30.3. The summed E-state index contributed by atoms with van der Waals surface area (Å²) >= 11 is 0. The maximum absolute atomic E-state index is 3.28. The van der Waals surface area contributed by atoms with E-state index in [1.54, 1.807) is 0 Å². The van der Waals surface area contributed by atoms with Gasteiger partial charge in [0, 0.05) is 0 Å². The van der Waals surface area contributed by atoms with Crippen molar-refractivity contribution in [2.24, 2.45) is 0 Å². The topological polar surface area (TPSA) is 0 Å². The van der Waals surface area contributed by atoms with Crippen molar-refractivity contribution in [1.82, 2.24) is 0 Å². The molecule has 218 valence electrons. The van der Waals surface area contributed by atoms with E-state index in [2.05, 4.69) is 30.0 Å². The van der Waals surface area contributed by atoms with Gasteiger partial charge < -0.3 is 0 Å². The summed E-state index contributed by atoms with van der Waals surface area (Å²) in [5.74, 6) is 0. The van der Waals surface area contributed by atoms with Crippen molar-refractivity contribution < 1.29 is 0 Å². The summed E-state index contributed by atoms with van der Waals surface area (Å²) in [4.78, 5) is 0. The summed E-state index contributed by atoms with van der Waals surface area (Å²) in [6, 6.07) is 0. The molecule has 0 nitrogen and oxygen atoms in total. The van der Waals surface area contributed by atoms with Crippen LogP contribution in [-0.4, -0.2) is 5.16 Å². The van der Waals surface area contributed by atoms with Crippen molar-refractivity contribution in [2.75, 3.05) is 0 Å². The fourth-order valence-corrected chi connectivity index (χ4v) is 6.23. The van der Waals surface area contributed by atoms with Crippen LogP contribution >= 0.6 is 9.24 Å². The third-order valence-corrected chi connectivity index (χ3v) is 9.75. The van der Waals surface area contributed by atoms with Crippen LogP contribution < -0.4 is 0 Å². The van der Waals surface area contributed by atoms with Crippen LogP contribution in [0.4, 0.5) is 0 Å². The smallest absolute Gasteiger partial charge is 0.0153 e. The summed E-state index contributed by atoms with van der Waals surface area (Å²) in [5.41, 5.74) is 0. The van der Waals surface area contributed by atoms with Crippen LogP contribution in [0.3, 0.4) is 0 Å². The summed E-state index contributed by atoms with van der Waals surface area (Å²) in [7, 11) is 3.28. The van der Waals surface area contributed by atoms with E-state index < -0.39 is 0 Å². The molecular weight excluding hydrogens is 451 g/mol. The van der Waals surface area contributed by atoms with Crippen molar-refractivity contribution in [3.8, 4) is 0 Å². The van der Waals surface area contributed by atoms with Crippen LogP contribution in [0.25, 0.3) is 0 Å². The third-order valence-electron chi connectivity index (χ3n) is 8.76. The summed E-state index contributed by atoms with van der Waals surface area (Å²) in [5, 5.41) is 0.536. The Labute approximate surface area is 233 Å². The highest BCUT2D eigenvalue weighted by molar-refractivity contribution is 7.18. The minimum Gasteiger partial charge on any atom is -0.131 e. The molecule has 0 amide bonds. The molecule has 0 aliphatic rings. The molecule has 0 aliphatic carbocycles. The zero-order valence-corrected chi connectivity index (χ0v) is 27.2. The Morgan fingerprint density at radius 3 is 0.694 bits per heavy atom. The highest BCUT2D eigenvalue weighted by atomic mass is 31.0. The second-order valence-electron chi connectivity index (χ2n) is 12.4. The fourth-order valence-electron chi connectivity index (χ4n) is 5.82. The van der Waals surface area contributed by atoms with Crippen LogP contribution in [0.2, 0.25) is 0 Å². The molecule has 1 atom stereocenters. The quantitative estimate of drug-likeness (QED) is 0.0624. The SMILES string of the molecule is CCCCCCCCCCCCCCCCC(P)(CC)CCCCCCCCCCCCCCCC. The van der Waals surface area contributed by atoms with E-state index in [0.29, 0.717) is 5.16 Å². The van der Waals surface area contributed by atoms with E-state index >= 15 is 0 Å². The summed E-state index contributed by atoms with van der Waals surface area (Å²) < 4.78 is 0. The van der Waals surface area contributed by atoms with Gasteiger partial charge >= 0.3 is 0 Å². The van der Waals surface area contributed by atoms with Gasteiger partial charge in [0.1, 0.15) is 0 Å². The number of hydrogen-bond acceptors (Lipinski definition) is 0. The van der Waals surface area contributed by atoms with Gasteiger partial charge in [0.05, 0.1) is 0 Å². The standard InChI is InChI=1S/C35H73P/c1-4-7-9-11-13-15-17-19-21-23-25-27-29-31-33-35(36,6-3)34-32-30-28-26-24-22-20-18-16-14-12-10-8-5-2/h4-34,36H2,1-3H3. The van der Waals surface area contributed by atoms with Gasteiger partial charge in [-0.15, -0.1) is 9.24 Å². The average Bonchev–Trinajstić information content (AvgIpc) is 2.89. The first-order valence-corrected chi connectivity index (χ1v) is 18.0. The predicted molar refractivity (Wildman–Crippen MR) is 173 cm³/mol. The fraction of sp³-hybridized carbons (Fsp3) is 1.00. The molecule has 0 N–H and O–H groups in total. The van der Waals surface area contributed by atoms with Crippen molar-refractivity contribution in [1.29, 1.82) is 0 Å². The molecule has 0 spiro atoms. The minimum atomic E-state index is 0.536. The van der Waals surface area contributed by atoms with Gasteiger partial charge in [-0.25, -0.2) is 0 Å². The van der Waals surface area contributed by atoms with Gasteiger partial charge in [-0.2, -0.15) is 0 Å². The third kappa shape index (κ3) is 27.5. The largest absolute Gasteiger partial charge is 0.131 e. The second kappa shape index (κ2) is 30.0. The highest BCUT2D eigenvalue weighted by Gasteiger charge is 2.20. The Bertz CT molecular complexity index is 358. The van der Waals surface area contributed by atoms with Crippen molar-refractivity contribution >= 4 is 9.24 Å². The molecule has 0 aromatic heterocycles. The molecule has 1 unspecified atom stereocenters. The second-order valence-corrected chi connectivity index (χ2v) is 13.6. The molecule has 0 radical (unpaired) electrons. The normalized spacial score (nSPS) is 12.0. The van der Waals surface area contributed by atoms with E-state index in [4.69, 9.17) is 0 Å². The molecule has 0 fully saturated rings. The van der Waals surface area contributed by atoms with E-state index in [9.17, 15) is 0 Å². The van der Waals surface area contributed by atoms with Gasteiger partial charge in [0.15, 0.2) is 0 Å². The monoisotopic (exact) mass is 525 g/mol. The lowest BCUT2D eigenvalue weighted by Gasteiger charge is -2.28. The first kappa shape index (κ1) is 36.4. The zero-order valence-electron chi connectivity index (χ0n) is 26.0. The Morgan fingerprint density at radius 2 is 0.500 bits per heavy atom. The lowest BCUT2D eigenvalue weighted by molar-refractivity contribution is 0.429. The van der Waals surface area contributed by atoms with E-state index in [1.165, 1.54) is 199 Å². The van der Waals surface area contributed by atoms with Crippen molar-refractivity contribution in [3.05, 3.63) is 0 Å². The molecule has 36 heavy (non-hydrogen) atoms. The van der Waals surface area contributed by atoms with Gasteiger partial charge in [-0.05, 0) is 24.4 Å². The lowest BCUT2D eigenvalue weighted by Crippen LogP contribution is -2.19. The minimum absolute atomic E-state index is 0.536.